The average Bonchev–Trinajstić information content (AvgIpc) is 3.01. The van der Waals surface area contributed by atoms with Crippen LogP contribution >= 0.6 is 11.6 Å². The summed E-state index contributed by atoms with van der Waals surface area (Å²) in [6, 6.07) is -0.354. The fourth-order valence-electron chi connectivity index (χ4n) is 7.31. The minimum atomic E-state index is -1.57. The molecular weight excluding hydrogens is 436 g/mol. The zero-order valence-electron chi connectivity index (χ0n) is 18.8. The van der Waals surface area contributed by atoms with Crippen LogP contribution in [0.15, 0.2) is 23.8 Å². The number of allylic oxidation sites excluding steroid dienone is 4. The molecular formula is C24H31ClO7. The SMILES string of the molecule is CCOC(=O)O[C@]1(C(=O)OCCl)CCC2C3CCC4=CC(=O)C=CC4(C)C3[C@@H](O)CC21C. The fourth-order valence-corrected chi connectivity index (χ4v) is 7.41. The number of fused-ring (bicyclic) bond motifs is 5. The third-order valence-electron chi connectivity index (χ3n) is 8.65. The van der Waals surface area contributed by atoms with Gasteiger partial charge in [-0.25, -0.2) is 9.59 Å². The molecule has 4 aliphatic rings. The lowest BCUT2D eigenvalue weighted by molar-refractivity contribution is -0.199. The summed E-state index contributed by atoms with van der Waals surface area (Å²) in [5, 5.41) is 11.5. The number of hydrogen-bond acceptors (Lipinski definition) is 7. The summed E-state index contributed by atoms with van der Waals surface area (Å²) >= 11 is 5.70. The number of aliphatic hydroxyl groups excluding tert-OH is 1. The normalized spacial score (nSPS) is 42.3. The van der Waals surface area contributed by atoms with Gasteiger partial charge in [0.1, 0.15) is 0 Å². The van der Waals surface area contributed by atoms with Crippen molar-refractivity contribution in [3.8, 4) is 0 Å². The van der Waals surface area contributed by atoms with E-state index in [4.69, 9.17) is 25.8 Å². The molecule has 3 fully saturated rings. The van der Waals surface area contributed by atoms with Crippen molar-refractivity contribution in [1.29, 1.82) is 0 Å². The van der Waals surface area contributed by atoms with Crippen LogP contribution in [-0.2, 0) is 23.8 Å². The molecule has 7 atom stereocenters. The molecule has 0 aromatic carbocycles. The Balaban J connectivity index is 1.73. The van der Waals surface area contributed by atoms with Gasteiger partial charge in [0.15, 0.2) is 11.8 Å². The van der Waals surface area contributed by atoms with Crippen LogP contribution in [-0.4, -0.2) is 47.4 Å². The highest BCUT2D eigenvalue weighted by Crippen LogP contribution is 2.68. The second-order valence-electron chi connectivity index (χ2n) is 9.90. The summed E-state index contributed by atoms with van der Waals surface area (Å²) in [5.41, 5.74) is -1.76. The van der Waals surface area contributed by atoms with E-state index in [9.17, 15) is 19.5 Å². The van der Waals surface area contributed by atoms with Gasteiger partial charge in [0.25, 0.3) is 0 Å². The lowest BCUT2D eigenvalue weighted by Crippen LogP contribution is -2.62. The molecule has 0 spiro atoms. The highest BCUT2D eigenvalue weighted by molar-refractivity contribution is 6.17. The van der Waals surface area contributed by atoms with Crippen LogP contribution in [0.2, 0.25) is 0 Å². The van der Waals surface area contributed by atoms with E-state index in [0.717, 1.165) is 18.4 Å². The summed E-state index contributed by atoms with van der Waals surface area (Å²) in [5.74, 6) is -0.676. The van der Waals surface area contributed by atoms with E-state index in [1.54, 1.807) is 19.1 Å². The van der Waals surface area contributed by atoms with Gasteiger partial charge in [-0.2, -0.15) is 0 Å². The third-order valence-corrected chi connectivity index (χ3v) is 8.76. The van der Waals surface area contributed by atoms with Gasteiger partial charge in [-0.15, -0.1) is 0 Å². The van der Waals surface area contributed by atoms with Crippen molar-refractivity contribution < 1.29 is 33.7 Å². The molecule has 4 aliphatic carbocycles. The van der Waals surface area contributed by atoms with Gasteiger partial charge < -0.3 is 19.3 Å². The molecule has 0 aliphatic heterocycles. The van der Waals surface area contributed by atoms with E-state index in [-0.39, 0.29) is 49.1 Å². The van der Waals surface area contributed by atoms with E-state index in [1.165, 1.54) is 0 Å². The quantitative estimate of drug-likeness (QED) is 0.495. The van der Waals surface area contributed by atoms with Crippen molar-refractivity contribution in [2.24, 2.45) is 28.6 Å². The standard InChI is InChI=1S/C24H31ClO7/c1-4-30-21(29)32-24(20(28)31-13-25)10-8-17-16-6-5-14-11-15(26)7-9-22(14,2)19(16)18(27)12-23(17,24)3/h7,9,11,16-19,27H,4-6,8,10,12-13H2,1-3H3/t16?,17?,18-,19?,22?,23?,24-/m0/s1. The van der Waals surface area contributed by atoms with Crippen molar-refractivity contribution in [2.75, 3.05) is 12.7 Å². The first-order chi connectivity index (χ1) is 15.1. The minimum Gasteiger partial charge on any atom is -0.446 e. The minimum absolute atomic E-state index is 0.0161. The Morgan fingerprint density at radius 1 is 1.25 bits per heavy atom. The Hall–Kier alpha value is -1.86. The number of ketones is 1. The predicted molar refractivity (Wildman–Crippen MR) is 116 cm³/mol. The smallest absolute Gasteiger partial charge is 0.446 e. The van der Waals surface area contributed by atoms with E-state index in [1.807, 2.05) is 13.0 Å². The van der Waals surface area contributed by atoms with Gasteiger partial charge >= 0.3 is 12.1 Å². The molecule has 0 amide bonds. The van der Waals surface area contributed by atoms with Crippen LogP contribution in [0.25, 0.3) is 0 Å². The fraction of sp³-hybridized carbons (Fsp3) is 0.708. The number of alkyl halides is 1. The molecule has 5 unspecified atom stereocenters. The number of aliphatic hydroxyl groups is 1. The van der Waals surface area contributed by atoms with Crippen LogP contribution < -0.4 is 0 Å². The highest BCUT2D eigenvalue weighted by atomic mass is 35.5. The Morgan fingerprint density at radius 2 is 2.00 bits per heavy atom. The molecule has 32 heavy (non-hydrogen) atoms. The molecule has 0 bridgehead atoms. The summed E-state index contributed by atoms with van der Waals surface area (Å²) < 4.78 is 15.9. The van der Waals surface area contributed by atoms with Gasteiger partial charge in [-0.05, 0) is 63.0 Å². The average molecular weight is 467 g/mol. The van der Waals surface area contributed by atoms with E-state index in [2.05, 4.69) is 6.92 Å². The Kier molecular flexibility index (Phi) is 5.95. The molecule has 4 rings (SSSR count). The number of rotatable bonds is 4. The molecule has 0 heterocycles. The largest absolute Gasteiger partial charge is 0.509 e. The number of ether oxygens (including phenoxy) is 3. The summed E-state index contributed by atoms with van der Waals surface area (Å²) in [4.78, 5) is 37.5. The molecule has 7 nitrogen and oxygen atoms in total. The van der Waals surface area contributed by atoms with Gasteiger partial charge in [0.05, 0.1) is 12.7 Å². The van der Waals surface area contributed by atoms with Crippen molar-refractivity contribution in [3.63, 3.8) is 0 Å². The Labute approximate surface area is 193 Å². The monoisotopic (exact) mass is 466 g/mol. The summed E-state index contributed by atoms with van der Waals surface area (Å²) in [6.07, 6.45) is 6.31. The van der Waals surface area contributed by atoms with Crippen LogP contribution in [0.3, 0.4) is 0 Å². The van der Waals surface area contributed by atoms with E-state index >= 15 is 0 Å². The number of halogens is 1. The third kappa shape index (κ3) is 3.23. The number of carbonyl (C=O) groups is 3. The van der Waals surface area contributed by atoms with E-state index in [0.29, 0.717) is 6.42 Å². The maximum Gasteiger partial charge on any atom is 0.509 e. The highest BCUT2D eigenvalue weighted by Gasteiger charge is 2.71. The number of hydrogen-bond donors (Lipinski definition) is 1. The van der Waals surface area contributed by atoms with Gasteiger partial charge in [0, 0.05) is 16.7 Å². The van der Waals surface area contributed by atoms with E-state index < -0.39 is 34.7 Å². The molecule has 0 aromatic rings. The Morgan fingerprint density at radius 3 is 2.69 bits per heavy atom. The molecule has 0 radical (unpaired) electrons. The zero-order valence-corrected chi connectivity index (χ0v) is 19.5. The number of carbonyl (C=O) groups excluding carboxylic acids is 3. The van der Waals surface area contributed by atoms with Crippen molar-refractivity contribution in [2.45, 2.75) is 64.6 Å². The van der Waals surface area contributed by atoms with Crippen molar-refractivity contribution in [1.82, 2.24) is 0 Å². The predicted octanol–water partition coefficient (Wildman–Crippen LogP) is 3.92. The second kappa shape index (κ2) is 8.17. The lowest BCUT2D eigenvalue weighted by Gasteiger charge is -2.59. The molecule has 8 heteroatoms. The number of esters is 1. The van der Waals surface area contributed by atoms with Gasteiger partial charge in [0.2, 0.25) is 5.60 Å². The summed E-state index contributed by atoms with van der Waals surface area (Å²) in [7, 11) is 0. The van der Waals surface area contributed by atoms with Crippen molar-refractivity contribution in [3.05, 3.63) is 23.8 Å². The van der Waals surface area contributed by atoms with Gasteiger partial charge in [-0.3, -0.25) is 4.79 Å². The molecule has 1 N–H and O–H groups in total. The van der Waals surface area contributed by atoms with Crippen LogP contribution in [0.4, 0.5) is 4.79 Å². The topological polar surface area (TPSA) is 99.1 Å². The van der Waals surface area contributed by atoms with Crippen LogP contribution in [0, 0.1) is 28.6 Å². The van der Waals surface area contributed by atoms with Crippen LogP contribution in [0.1, 0.15) is 52.9 Å². The molecule has 176 valence electrons. The zero-order chi connectivity index (χ0) is 23.3. The first kappa shape index (κ1) is 23.3. The molecule has 3 saturated carbocycles. The molecule has 0 saturated heterocycles. The Bertz CT molecular complexity index is 882. The maximum atomic E-state index is 13.2. The summed E-state index contributed by atoms with van der Waals surface area (Å²) in [6.45, 7) is 5.77. The molecule has 0 aromatic heterocycles. The first-order valence-corrected chi connectivity index (χ1v) is 11.9. The first-order valence-electron chi connectivity index (χ1n) is 11.3. The maximum absolute atomic E-state index is 13.2. The van der Waals surface area contributed by atoms with Crippen molar-refractivity contribution >= 4 is 29.5 Å². The van der Waals surface area contributed by atoms with Crippen LogP contribution in [0.5, 0.6) is 0 Å². The lowest BCUT2D eigenvalue weighted by atomic mass is 9.46. The van der Waals surface area contributed by atoms with Gasteiger partial charge in [-0.1, -0.05) is 37.1 Å². The second-order valence-corrected chi connectivity index (χ2v) is 10.1.